The van der Waals surface area contributed by atoms with Crippen LogP contribution in [-0.2, 0) is 11.3 Å². The lowest BCUT2D eigenvalue weighted by molar-refractivity contribution is -0.116. The molecule has 3 heterocycles. The van der Waals surface area contributed by atoms with Gasteiger partial charge in [-0.15, -0.1) is 0 Å². The molecule has 5 rings (SSSR count). The standard InChI is InChI=1S/C28H24N6O/c1-21-7-10-23(11-8-21)28-24(19-34(32-28)25-5-3-2-4-6-25)12-14-27(35)31-18-22-9-13-26(30-17-22)33-16-15-29-20-33/h2-17,19-20H,18H2,1H3,(H,31,35)/b14-12+. The van der Waals surface area contributed by atoms with Crippen molar-refractivity contribution in [1.29, 1.82) is 0 Å². The van der Waals surface area contributed by atoms with Gasteiger partial charge in [-0.2, -0.15) is 5.10 Å². The maximum Gasteiger partial charge on any atom is 0.244 e. The van der Waals surface area contributed by atoms with E-state index >= 15 is 0 Å². The van der Waals surface area contributed by atoms with E-state index in [1.807, 2.05) is 76.2 Å². The summed E-state index contributed by atoms with van der Waals surface area (Å²) in [5.74, 6) is 0.586. The monoisotopic (exact) mass is 460 g/mol. The van der Waals surface area contributed by atoms with Crippen LogP contribution >= 0.6 is 0 Å². The molecule has 0 aliphatic rings. The minimum Gasteiger partial charge on any atom is -0.348 e. The zero-order valence-electron chi connectivity index (χ0n) is 19.2. The van der Waals surface area contributed by atoms with Gasteiger partial charge in [-0.05, 0) is 36.8 Å². The maximum absolute atomic E-state index is 12.6. The highest BCUT2D eigenvalue weighted by molar-refractivity contribution is 5.92. The average molecular weight is 461 g/mol. The normalized spacial score (nSPS) is 11.1. The fourth-order valence-corrected chi connectivity index (χ4v) is 3.64. The Hall–Kier alpha value is -4.78. The molecule has 2 aromatic carbocycles. The van der Waals surface area contributed by atoms with Crippen molar-refractivity contribution in [2.24, 2.45) is 0 Å². The minimum atomic E-state index is -0.189. The second-order valence-corrected chi connectivity index (χ2v) is 8.12. The highest BCUT2D eigenvalue weighted by Crippen LogP contribution is 2.25. The second kappa shape index (κ2) is 10.0. The van der Waals surface area contributed by atoms with Crippen LogP contribution in [0.1, 0.15) is 16.7 Å². The van der Waals surface area contributed by atoms with Crippen molar-refractivity contribution < 1.29 is 4.79 Å². The lowest BCUT2D eigenvalue weighted by atomic mass is 10.1. The lowest BCUT2D eigenvalue weighted by Crippen LogP contribution is -2.20. The van der Waals surface area contributed by atoms with Gasteiger partial charge in [0.25, 0.3) is 0 Å². The SMILES string of the molecule is Cc1ccc(-c2nn(-c3ccccc3)cc2/C=C/C(=O)NCc2ccc(-n3ccnc3)nc2)cc1. The number of aromatic nitrogens is 5. The van der Waals surface area contributed by atoms with E-state index in [1.54, 1.807) is 24.8 Å². The molecule has 5 aromatic rings. The van der Waals surface area contributed by atoms with E-state index in [0.29, 0.717) is 6.54 Å². The first-order valence-corrected chi connectivity index (χ1v) is 11.3. The van der Waals surface area contributed by atoms with Crippen LogP contribution in [0.4, 0.5) is 0 Å². The summed E-state index contributed by atoms with van der Waals surface area (Å²) in [6, 6.07) is 22.0. The molecule has 3 aromatic heterocycles. The molecule has 0 unspecified atom stereocenters. The smallest absolute Gasteiger partial charge is 0.244 e. The number of nitrogens with zero attached hydrogens (tertiary/aromatic N) is 5. The molecule has 0 saturated carbocycles. The van der Waals surface area contributed by atoms with Gasteiger partial charge in [0.05, 0.1) is 11.4 Å². The van der Waals surface area contributed by atoms with Crippen LogP contribution < -0.4 is 5.32 Å². The quantitative estimate of drug-likeness (QED) is 0.355. The molecule has 0 fully saturated rings. The number of amides is 1. The Balaban J connectivity index is 1.31. The number of rotatable bonds is 7. The lowest BCUT2D eigenvalue weighted by Gasteiger charge is -2.05. The van der Waals surface area contributed by atoms with E-state index in [2.05, 4.69) is 34.3 Å². The zero-order chi connectivity index (χ0) is 24.0. The van der Waals surface area contributed by atoms with Gasteiger partial charge in [0, 0.05) is 48.5 Å². The molecule has 0 aliphatic heterocycles. The van der Waals surface area contributed by atoms with Gasteiger partial charge >= 0.3 is 0 Å². The van der Waals surface area contributed by atoms with Crippen LogP contribution in [0.25, 0.3) is 28.8 Å². The van der Waals surface area contributed by atoms with Crippen LogP contribution in [-0.4, -0.2) is 30.2 Å². The Morgan fingerprint density at radius 1 is 1.03 bits per heavy atom. The third-order valence-corrected chi connectivity index (χ3v) is 5.55. The minimum absolute atomic E-state index is 0.189. The topological polar surface area (TPSA) is 77.6 Å². The predicted octanol–water partition coefficient (Wildman–Crippen LogP) is 4.76. The molecule has 35 heavy (non-hydrogen) atoms. The molecule has 0 spiro atoms. The van der Waals surface area contributed by atoms with Gasteiger partial charge in [-0.3, -0.25) is 9.36 Å². The number of imidazole rings is 1. The first kappa shape index (κ1) is 22.0. The summed E-state index contributed by atoms with van der Waals surface area (Å²) in [5.41, 5.74) is 5.72. The first-order chi connectivity index (χ1) is 17.2. The molecule has 0 atom stereocenters. The van der Waals surface area contributed by atoms with Gasteiger partial charge in [-0.1, -0.05) is 54.1 Å². The summed E-state index contributed by atoms with van der Waals surface area (Å²) in [6.45, 7) is 2.44. The second-order valence-electron chi connectivity index (χ2n) is 8.12. The Labute approximate surface area is 203 Å². The largest absolute Gasteiger partial charge is 0.348 e. The fraction of sp³-hybridized carbons (Fsp3) is 0.0714. The van der Waals surface area contributed by atoms with E-state index in [9.17, 15) is 4.79 Å². The van der Waals surface area contributed by atoms with Gasteiger partial charge < -0.3 is 5.32 Å². The number of carbonyl (C=O) groups excluding carboxylic acids is 1. The number of hydrogen-bond acceptors (Lipinski definition) is 4. The maximum atomic E-state index is 12.6. The van der Waals surface area contributed by atoms with Gasteiger partial charge in [0.1, 0.15) is 12.1 Å². The molecule has 0 radical (unpaired) electrons. The highest BCUT2D eigenvalue weighted by atomic mass is 16.1. The average Bonchev–Trinajstić information content (AvgIpc) is 3.58. The molecular formula is C28H24N6O. The number of aryl methyl sites for hydroxylation is 1. The van der Waals surface area contributed by atoms with Crippen molar-refractivity contribution in [2.45, 2.75) is 13.5 Å². The third-order valence-electron chi connectivity index (χ3n) is 5.55. The van der Waals surface area contributed by atoms with Crippen molar-refractivity contribution >= 4 is 12.0 Å². The van der Waals surface area contributed by atoms with Crippen LogP contribution in [0.2, 0.25) is 0 Å². The van der Waals surface area contributed by atoms with Gasteiger partial charge in [0.2, 0.25) is 5.91 Å². The first-order valence-electron chi connectivity index (χ1n) is 11.3. The van der Waals surface area contributed by atoms with Crippen molar-refractivity contribution in [1.82, 2.24) is 29.6 Å². The molecule has 0 aliphatic carbocycles. The van der Waals surface area contributed by atoms with Gasteiger partial charge in [-0.25, -0.2) is 14.6 Å². The Morgan fingerprint density at radius 2 is 1.86 bits per heavy atom. The highest BCUT2D eigenvalue weighted by Gasteiger charge is 2.11. The van der Waals surface area contributed by atoms with E-state index in [1.165, 1.54) is 11.6 Å². The molecule has 172 valence electrons. The number of carbonyl (C=O) groups is 1. The van der Waals surface area contributed by atoms with Crippen molar-refractivity contribution in [3.63, 3.8) is 0 Å². The number of benzene rings is 2. The Morgan fingerprint density at radius 3 is 2.57 bits per heavy atom. The number of hydrogen-bond donors (Lipinski definition) is 1. The zero-order valence-corrected chi connectivity index (χ0v) is 19.2. The summed E-state index contributed by atoms with van der Waals surface area (Å²) < 4.78 is 3.66. The molecular weight excluding hydrogens is 436 g/mol. The number of para-hydroxylation sites is 1. The van der Waals surface area contributed by atoms with Crippen LogP contribution in [0.15, 0.2) is 104 Å². The van der Waals surface area contributed by atoms with Gasteiger partial charge in [0.15, 0.2) is 0 Å². The summed E-state index contributed by atoms with van der Waals surface area (Å²) in [4.78, 5) is 21.0. The van der Waals surface area contributed by atoms with E-state index in [-0.39, 0.29) is 5.91 Å². The van der Waals surface area contributed by atoms with Crippen LogP contribution in [0, 0.1) is 6.92 Å². The molecule has 1 N–H and O–H groups in total. The van der Waals surface area contributed by atoms with Crippen LogP contribution in [0.3, 0.4) is 0 Å². The van der Waals surface area contributed by atoms with Crippen LogP contribution in [0.5, 0.6) is 0 Å². The van der Waals surface area contributed by atoms with Crippen molar-refractivity contribution in [3.05, 3.63) is 121 Å². The molecule has 0 saturated heterocycles. The predicted molar refractivity (Wildman–Crippen MR) is 136 cm³/mol. The molecule has 7 nitrogen and oxygen atoms in total. The Bertz CT molecular complexity index is 1430. The Kier molecular flexibility index (Phi) is 6.30. The number of nitrogens with one attached hydrogen (secondary N) is 1. The third kappa shape index (κ3) is 5.25. The molecule has 7 heteroatoms. The summed E-state index contributed by atoms with van der Waals surface area (Å²) in [5, 5.41) is 7.72. The molecule has 1 amide bonds. The summed E-state index contributed by atoms with van der Waals surface area (Å²) in [7, 11) is 0. The van der Waals surface area contributed by atoms with E-state index in [0.717, 1.165) is 33.9 Å². The molecule has 0 bridgehead atoms. The van der Waals surface area contributed by atoms with E-state index < -0.39 is 0 Å². The van der Waals surface area contributed by atoms with E-state index in [4.69, 9.17) is 5.10 Å². The number of pyridine rings is 1. The summed E-state index contributed by atoms with van der Waals surface area (Å²) in [6.07, 6.45) is 12.3. The summed E-state index contributed by atoms with van der Waals surface area (Å²) >= 11 is 0. The van der Waals surface area contributed by atoms with Crippen molar-refractivity contribution in [3.8, 4) is 22.8 Å². The fourth-order valence-electron chi connectivity index (χ4n) is 3.64. The van der Waals surface area contributed by atoms with Crippen molar-refractivity contribution in [2.75, 3.05) is 0 Å².